The van der Waals surface area contributed by atoms with Crippen LogP contribution in [0.4, 0.5) is 0 Å². The third kappa shape index (κ3) is 4.96. The van der Waals surface area contributed by atoms with Gasteiger partial charge in [-0.05, 0) is 68.1 Å². The van der Waals surface area contributed by atoms with Crippen molar-refractivity contribution < 1.29 is 14.3 Å². The number of piperidine rings is 1. The number of carbonyl (C=O) groups excluding carboxylic acids is 2. The fourth-order valence-corrected chi connectivity index (χ4v) is 4.39. The van der Waals surface area contributed by atoms with E-state index in [0.29, 0.717) is 29.3 Å². The van der Waals surface area contributed by atoms with Gasteiger partial charge in [-0.1, -0.05) is 17.7 Å². The van der Waals surface area contributed by atoms with E-state index in [1.54, 1.807) is 24.3 Å². The molecule has 2 aromatic carbocycles. The lowest BCUT2D eigenvalue weighted by Gasteiger charge is -2.32. The molecule has 2 aliphatic heterocycles. The zero-order valence-electron chi connectivity index (χ0n) is 17.1. The molecule has 6 heteroatoms. The minimum absolute atomic E-state index is 0.0204. The number of hydrogen-bond acceptors (Lipinski definition) is 3. The van der Waals surface area contributed by atoms with Crippen LogP contribution in [0.2, 0.25) is 5.02 Å². The molecular formula is C24H27ClN2O3. The average Bonchev–Trinajstić information content (AvgIpc) is 3.32. The van der Waals surface area contributed by atoms with E-state index in [-0.39, 0.29) is 17.7 Å². The van der Waals surface area contributed by atoms with Crippen LogP contribution in [-0.2, 0) is 0 Å². The number of likely N-dealkylation sites (tertiary alicyclic amines) is 2. The maximum atomic E-state index is 12.8. The first kappa shape index (κ1) is 20.7. The highest BCUT2D eigenvalue weighted by atomic mass is 35.5. The van der Waals surface area contributed by atoms with Gasteiger partial charge >= 0.3 is 0 Å². The van der Waals surface area contributed by atoms with E-state index in [1.165, 1.54) is 0 Å². The zero-order valence-corrected chi connectivity index (χ0v) is 17.8. The summed E-state index contributed by atoms with van der Waals surface area (Å²) < 4.78 is 5.97. The van der Waals surface area contributed by atoms with Crippen LogP contribution < -0.4 is 4.74 Å². The Morgan fingerprint density at radius 2 is 1.60 bits per heavy atom. The molecule has 4 rings (SSSR count). The SMILES string of the molecule is O=C(c1ccc(OC[C@H]2CCCN(C(=O)c3cccc(Cl)c3)C2)cc1)N1CCCC1. The van der Waals surface area contributed by atoms with Crippen LogP contribution in [0.3, 0.4) is 0 Å². The smallest absolute Gasteiger partial charge is 0.253 e. The van der Waals surface area contributed by atoms with E-state index in [2.05, 4.69) is 0 Å². The van der Waals surface area contributed by atoms with Crippen molar-refractivity contribution >= 4 is 23.4 Å². The third-order valence-electron chi connectivity index (χ3n) is 5.86. The zero-order chi connectivity index (χ0) is 20.9. The van der Waals surface area contributed by atoms with Gasteiger partial charge < -0.3 is 14.5 Å². The van der Waals surface area contributed by atoms with Gasteiger partial charge in [0.2, 0.25) is 0 Å². The second kappa shape index (κ2) is 9.52. The third-order valence-corrected chi connectivity index (χ3v) is 6.09. The lowest BCUT2D eigenvalue weighted by atomic mass is 9.98. The molecule has 0 spiro atoms. The Bertz CT molecular complexity index is 894. The van der Waals surface area contributed by atoms with Gasteiger partial charge in [-0.25, -0.2) is 0 Å². The van der Waals surface area contributed by atoms with Crippen molar-refractivity contribution in [3.63, 3.8) is 0 Å². The summed E-state index contributed by atoms with van der Waals surface area (Å²) in [5.74, 6) is 1.16. The summed E-state index contributed by atoms with van der Waals surface area (Å²) in [5, 5.41) is 0.574. The molecule has 2 aromatic rings. The summed E-state index contributed by atoms with van der Waals surface area (Å²) in [6.07, 6.45) is 4.17. The van der Waals surface area contributed by atoms with Crippen molar-refractivity contribution in [2.75, 3.05) is 32.8 Å². The van der Waals surface area contributed by atoms with Crippen LogP contribution in [0.5, 0.6) is 5.75 Å². The Kier molecular flexibility index (Phi) is 6.58. The second-order valence-corrected chi connectivity index (χ2v) is 8.54. The van der Waals surface area contributed by atoms with Gasteiger partial charge in [0, 0.05) is 48.2 Å². The molecule has 158 valence electrons. The number of hydrogen-bond donors (Lipinski definition) is 0. The number of rotatable bonds is 5. The highest BCUT2D eigenvalue weighted by Crippen LogP contribution is 2.22. The number of carbonyl (C=O) groups is 2. The van der Waals surface area contributed by atoms with E-state index in [0.717, 1.165) is 51.1 Å². The van der Waals surface area contributed by atoms with Gasteiger partial charge in [0.05, 0.1) is 6.61 Å². The molecule has 2 amide bonds. The molecule has 0 radical (unpaired) electrons. The van der Waals surface area contributed by atoms with E-state index >= 15 is 0 Å². The number of amides is 2. The standard InChI is InChI=1S/C24H27ClN2O3/c25-21-7-3-6-20(15-21)24(29)27-14-4-5-18(16-27)17-30-22-10-8-19(9-11-22)23(28)26-12-1-2-13-26/h3,6-11,15,18H,1-2,4-5,12-14,16-17H2/t18-/m0/s1. The molecule has 2 aliphatic rings. The predicted molar refractivity (Wildman–Crippen MR) is 117 cm³/mol. The van der Waals surface area contributed by atoms with E-state index in [9.17, 15) is 9.59 Å². The molecule has 0 saturated carbocycles. The second-order valence-electron chi connectivity index (χ2n) is 8.10. The topological polar surface area (TPSA) is 49.9 Å². The molecular weight excluding hydrogens is 400 g/mol. The summed E-state index contributed by atoms with van der Waals surface area (Å²) in [6.45, 7) is 3.69. The van der Waals surface area contributed by atoms with Crippen LogP contribution >= 0.6 is 11.6 Å². The first-order chi connectivity index (χ1) is 14.6. The molecule has 1 atom stereocenters. The van der Waals surface area contributed by atoms with E-state index in [4.69, 9.17) is 16.3 Å². The quantitative estimate of drug-likeness (QED) is 0.706. The fourth-order valence-electron chi connectivity index (χ4n) is 4.20. The number of benzene rings is 2. The Morgan fingerprint density at radius 3 is 2.33 bits per heavy atom. The van der Waals surface area contributed by atoms with Crippen molar-refractivity contribution in [3.8, 4) is 5.75 Å². The average molecular weight is 427 g/mol. The number of ether oxygens (including phenoxy) is 1. The maximum absolute atomic E-state index is 12.8. The summed E-state index contributed by atoms with van der Waals surface area (Å²) in [7, 11) is 0. The molecule has 2 fully saturated rings. The van der Waals surface area contributed by atoms with Crippen molar-refractivity contribution in [1.29, 1.82) is 0 Å². The molecule has 5 nitrogen and oxygen atoms in total. The lowest BCUT2D eigenvalue weighted by Crippen LogP contribution is -2.41. The predicted octanol–water partition coefficient (Wildman–Crippen LogP) is 4.51. The maximum Gasteiger partial charge on any atom is 0.253 e. The Morgan fingerprint density at radius 1 is 0.900 bits per heavy atom. The van der Waals surface area contributed by atoms with E-state index < -0.39 is 0 Å². The summed E-state index contributed by atoms with van der Waals surface area (Å²) in [6, 6.07) is 14.5. The van der Waals surface area contributed by atoms with Gasteiger partial charge in [-0.2, -0.15) is 0 Å². The highest BCUT2D eigenvalue weighted by Gasteiger charge is 2.25. The van der Waals surface area contributed by atoms with Gasteiger partial charge in [0.1, 0.15) is 5.75 Å². The molecule has 2 saturated heterocycles. The van der Waals surface area contributed by atoms with Crippen LogP contribution in [0, 0.1) is 5.92 Å². The molecule has 0 unspecified atom stereocenters. The first-order valence-corrected chi connectivity index (χ1v) is 11.0. The van der Waals surface area contributed by atoms with Gasteiger partial charge in [0.15, 0.2) is 0 Å². The normalized spacial score (nSPS) is 19.0. The molecule has 2 heterocycles. The molecule has 0 bridgehead atoms. The van der Waals surface area contributed by atoms with Crippen molar-refractivity contribution in [1.82, 2.24) is 9.80 Å². The summed E-state index contributed by atoms with van der Waals surface area (Å²) >= 11 is 6.03. The van der Waals surface area contributed by atoms with Crippen LogP contribution in [-0.4, -0.2) is 54.4 Å². The van der Waals surface area contributed by atoms with Gasteiger partial charge in [-0.15, -0.1) is 0 Å². The fraction of sp³-hybridized carbons (Fsp3) is 0.417. The van der Waals surface area contributed by atoms with Crippen LogP contribution in [0.15, 0.2) is 48.5 Å². The minimum Gasteiger partial charge on any atom is -0.493 e. The minimum atomic E-state index is 0.0204. The van der Waals surface area contributed by atoms with Crippen molar-refractivity contribution in [3.05, 3.63) is 64.7 Å². The summed E-state index contributed by atoms with van der Waals surface area (Å²) in [4.78, 5) is 29.0. The number of halogens is 1. The van der Waals surface area contributed by atoms with Crippen LogP contribution in [0.1, 0.15) is 46.4 Å². The monoisotopic (exact) mass is 426 g/mol. The summed E-state index contributed by atoms with van der Waals surface area (Å²) in [5.41, 5.74) is 1.34. The Hall–Kier alpha value is -2.53. The molecule has 30 heavy (non-hydrogen) atoms. The van der Waals surface area contributed by atoms with Crippen LogP contribution in [0.25, 0.3) is 0 Å². The highest BCUT2D eigenvalue weighted by molar-refractivity contribution is 6.30. The Labute approximate surface area is 182 Å². The Balaban J connectivity index is 1.30. The van der Waals surface area contributed by atoms with Crippen molar-refractivity contribution in [2.24, 2.45) is 5.92 Å². The van der Waals surface area contributed by atoms with Gasteiger partial charge in [0.25, 0.3) is 11.8 Å². The van der Waals surface area contributed by atoms with Crippen molar-refractivity contribution in [2.45, 2.75) is 25.7 Å². The molecule has 0 aromatic heterocycles. The molecule has 0 N–H and O–H groups in total. The number of nitrogens with zero attached hydrogens (tertiary/aromatic N) is 2. The largest absolute Gasteiger partial charge is 0.493 e. The lowest BCUT2D eigenvalue weighted by molar-refractivity contribution is 0.0633. The van der Waals surface area contributed by atoms with Gasteiger partial charge in [-0.3, -0.25) is 9.59 Å². The first-order valence-electron chi connectivity index (χ1n) is 10.7. The molecule has 0 aliphatic carbocycles. The van der Waals surface area contributed by atoms with E-state index in [1.807, 2.05) is 34.1 Å².